The van der Waals surface area contributed by atoms with Crippen molar-refractivity contribution in [2.24, 2.45) is 7.05 Å². The fraction of sp³-hybridized carbons (Fsp3) is 0.200. The van der Waals surface area contributed by atoms with Gasteiger partial charge < -0.3 is 9.84 Å². The lowest BCUT2D eigenvalue weighted by Crippen LogP contribution is -1.98. The zero-order chi connectivity index (χ0) is 14.1. The van der Waals surface area contributed by atoms with Gasteiger partial charge in [-0.3, -0.25) is 4.98 Å². The third-order valence-electron chi connectivity index (χ3n) is 3.25. The highest BCUT2D eigenvalue weighted by molar-refractivity contribution is 5.84. The molecular weight excluding hydrogens is 254 g/mol. The molecule has 0 spiro atoms. The average Bonchev–Trinajstić information content (AvgIpc) is 2.73. The zero-order valence-electron chi connectivity index (χ0n) is 11.4. The molecule has 0 unspecified atom stereocenters. The number of nitrogens with zero attached hydrogens (tertiary/aromatic N) is 3. The summed E-state index contributed by atoms with van der Waals surface area (Å²) in [7, 11) is 1.79. The minimum absolute atomic E-state index is 0.104. The van der Waals surface area contributed by atoms with Crippen molar-refractivity contribution < 1.29 is 9.84 Å². The highest BCUT2D eigenvalue weighted by Gasteiger charge is 2.15. The molecule has 2 heterocycles. The fourth-order valence-corrected chi connectivity index (χ4v) is 2.25. The predicted molar refractivity (Wildman–Crippen MR) is 75.7 cm³/mol. The number of aryl methyl sites for hydroxylation is 2. The van der Waals surface area contributed by atoms with Gasteiger partial charge in [0.15, 0.2) is 5.75 Å². The summed E-state index contributed by atoms with van der Waals surface area (Å²) in [6.45, 7) is 1.74. The molecule has 0 saturated heterocycles. The molecule has 0 saturated carbocycles. The summed E-state index contributed by atoms with van der Waals surface area (Å²) < 4.78 is 7.57. The van der Waals surface area contributed by atoms with Crippen molar-refractivity contribution >= 4 is 10.9 Å². The third kappa shape index (κ3) is 2.02. The van der Waals surface area contributed by atoms with Crippen LogP contribution in [0.1, 0.15) is 11.3 Å². The second-order valence-corrected chi connectivity index (χ2v) is 4.58. The molecular formula is C15H15N3O2. The number of aliphatic hydroxyl groups is 1. The maximum Gasteiger partial charge on any atom is 0.223 e. The topological polar surface area (TPSA) is 60.2 Å². The lowest BCUT2D eigenvalue weighted by molar-refractivity contribution is 0.274. The molecule has 5 heteroatoms. The highest BCUT2D eigenvalue weighted by atomic mass is 16.5. The predicted octanol–water partition coefficient (Wildman–Crippen LogP) is 2.56. The summed E-state index contributed by atoms with van der Waals surface area (Å²) in [5.41, 5.74) is 2.25. The van der Waals surface area contributed by atoms with Gasteiger partial charge in [-0.25, -0.2) is 4.68 Å². The van der Waals surface area contributed by atoms with E-state index in [4.69, 9.17) is 4.74 Å². The van der Waals surface area contributed by atoms with Crippen molar-refractivity contribution in [2.75, 3.05) is 0 Å². The Morgan fingerprint density at radius 2 is 2.05 bits per heavy atom. The van der Waals surface area contributed by atoms with Gasteiger partial charge in [-0.05, 0) is 19.1 Å². The van der Waals surface area contributed by atoms with Crippen LogP contribution in [0.15, 0.2) is 36.5 Å². The molecule has 20 heavy (non-hydrogen) atoms. The fourth-order valence-electron chi connectivity index (χ4n) is 2.25. The molecule has 1 aromatic carbocycles. The van der Waals surface area contributed by atoms with Crippen molar-refractivity contribution in [3.05, 3.63) is 47.8 Å². The Morgan fingerprint density at radius 3 is 2.85 bits per heavy atom. The number of pyridine rings is 1. The molecule has 0 aliphatic rings. The first-order valence-electron chi connectivity index (χ1n) is 6.35. The summed E-state index contributed by atoms with van der Waals surface area (Å²) in [5, 5.41) is 14.7. The van der Waals surface area contributed by atoms with E-state index in [-0.39, 0.29) is 6.61 Å². The Hall–Kier alpha value is -2.40. The van der Waals surface area contributed by atoms with Crippen LogP contribution in [0.25, 0.3) is 10.9 Å². The van der Waals surface area contributed by atoms with E-state index in [9.17, 15) is 5.11 Å². The number of rotatable bonds is 3. The van der Waals surface area contributed by atoms with Crippen LogP contribution in [-0.4, -0.2) is 19.9 Å². The summed E-state index contributed by atoms with van der Waals surface area (Å²) >= 11 is 0. The molecule has 5 nitrogen and oxygen atoms in total. The first-order chi connectivity index (χ1) is 9.70. The molecule has 0 bridgehead atoms. The number of hydrogen-bond donors (Lipinski definition) is 1. The van der Waals surface area contributed by atoms with Crippen LogP contribution in [-0.2, 0) is 13.7 Å². The van der Waals surface area contributed by atoms with Crippen LogP contribution in [0, 0.1) is 6.92 Å². The van der Waals surface area contributed by atoms with E-state index in [1.807, 2.05) is 37.3 Å². The van der Waals surface area contributed by atoms with Crippen molar-refractivity contribution in [2.45, 2.75) is 13.5 Å². The minimum Gasteiger partial charge on any atom is -0.437 e. The Bertz CT molecular complexity index is 760. The second-order valence-electron chi connectivity index (χ2n) is 4.58. The average molecular weight is 269 g/mol. The first-order valence-corrected chi connectivity index (χ1v) is 6.35. The van der Waals surface area contributed by atoms with Crippen molar-refractivity contribution in [1.82, 2.24) is 14.8 Å². The Kier molecular flexibility index (Phi) is 3.12. The zero-order valence-corrected chi connectivity index (χ0v) is 11.4. The standard InChI is InChI=1S/C15H15N3O2/c1-10-12(9-19)15(18(2)17-10)20-13-7-3-5-11-6-4-8-16-14(11)13/h3-8,19H,9H2,1-2H3. The molecule has 0 aliphatic carbocycles. The summed E-state index contributed by atoms with van der Waals surface area (Å²) in [4.78, 5) is 4.35. The SMILES string of the molecule is Cc1nn(C)c(Oc2cccc3cccnc23)c1CO. The first kappa shape index (κ1) is 12.6. The largest absolute Gasteiger partial charge is 0.437 e. The van der Waals surface area contributed by atoms with Crippen molar-refractivity contribution in [3.63, 3.8) is 0 Å². The van der Waals surface area contributed by atoms with Crippen LogP contribution in [0.3, 0.4) is 0 Å². The van der Waals surface area contributed by atoms with Gasteiger partial charge in [0, 0.05) is 18.6 Å². The minimum atomic E-state index is -0.104. The number of benzene rings is 1. The Morgan fingerprint density at radius 1 is 1.25 bits per heavy atom. The summed E-state index contributed by atoms with van der Waals surface area (Å²) in [6.07, 6.45) is 1.73. The number of ether oxygens (including phenoxy) is 1. The van der Waals surface area contributed by atoms with Gasteiger partial charge in [0.25, 0.3) is 0 Å². The smallest absolute Gasteiger partial charge is 0.223 e. The second kappa shape index (κ2) is 4.94. The van der Waals surface area contributed by atoms with Gasteiger partial charge >= 0.3 is 0 Å². The van der Waals surface area contributed by atoms with E-state index >= 15 is 0 Å². The van der Waals surface area contributed by atoms with E-state index in [2.05, 4.69) is 10.1 Å². The molecule has 0 amide bonds. The molecule has 0 atom stereocenters. The number of para-hydroxylation sites is 1. The third-order valence-corrected chi connectivity index (χ3v) is 3.25. The summed E-state index contributed by atoms with van der Waals surface area (Å²) in [5.74, 6) is 1.20. The number of aromatic nitrogens is 3. The normalized spacial score (nSPS) is 10.9. The molecule has 0 aliphatic heterocycles. The number of aliphatic hydroxyl groups excluding tert-OH is 1. The van der Waals surface area contributed by atoms with Crippen LogP contribution in [0.4, 0.5) is 0 Å². The van der Waals surface area contributed by atoms with Gasteiger partial charge in [-0.15, -0.1) is 0 Å². The van der Waals surface area contributed by atoms with Crippen LogP contribution in [0.2, 0.25) is 0 Å². The van der Waals surface area contributed by atoms with E-state index in [1.54, 1.807) is 17.9 Å². The number of fused-ring (bicyclic) bond motifs is 1. The quantitative estimate of drug-likeness (QED) is 0.793. The van der Waals surface area contributed by atoms with E-state index in [0.717, 1.165) is 16.6 Å². The maximum absolute atomic E-state index is 9.45. The molecule has 0 radical (unpaired) electrons. The van der Waals surface area contributed by atoms with Gasteiger partial charge in [0.1, 0.15) is 5.52 Å². The van der Waals surface area contributed by atoms with Crippen LogP contribution < -0.4 is 4.74 Å². The van der Waals surface area contributed by atoms with Gasteiger partial charge in [-0.1, -0.05) is 18.2 Å². The van der Waals surface area contributed by atoms with Gasteiger partial charge in [0.2, 0.25) is 5.88 Å². The van der Waals surface area contributed by atoms with Crippen LogP contribution >= 0.6 is 0 Å². The van der Waals surface area contributed by atoms with Crippen LogP contribution in [0.5, 0.6) is 11.6 Å². The molecule has 3 rings (SSSR count). The lowest BCUT2D eigenvalue weighted by atomic mass is 10.2. The number of hydrogen-bond acceptors (Lipinski definition) is 4. The van der Waals surface area contributed by atoms with E-state index < -0.39 is 0 Å². The maximum atomic E-state index is 9.45. The van der Waals surface area contributed by atoms with E-state index in [0.29, 0.717) is 17.2 Å². The van der Waals surface area contributed by atoms with Crippen molar-refractivity contribution in [3.8, 4) is 11.6 Å². The summed E-state index contributed by atoms with van der Waals surface area (Å²) in [6, 6.07) is 9.63. The van der Waals surface area contributed by atoms with E-state index in [1.165, 1.54) is 0 Å². The molecule has 102 valence electrons. The molecule has 1 N–H and O–H groups in total. The van der Waals surface area contributed by atoms with Crippen molar-refractivity contribution in [1.29, 1.82) is 0 Å². The molecule has 2 aromatic heterocycles. The highest BCUT2D eigenvalue weighted by Crippen LogP contribution is 2.31. The molecule has 0 fully saturated rings. The monoisotopic (exact) mass is 269 g/mol. The van der Waals surface area contributed by atoms with Gasteiger partial charge in [0.05, 0.1) is 17.9 Å². The Balaban J connectivity index is 2.10. The van der Waals surface area contributed by atoms with Gasteiger partial charge in [-0.2, -0.15) is 5.10 Å². The molecule has 3 aromatic rings. The lowest BCUT2D eigenvalue weighted by Gasteiger charge is -2.09. The Labute approximate surface area is 116 Å².